The fourth-order valence-corrected chi connectivity index (χ4v) is 4.15. The van der Waals surface area contributed by atoms with Crippen LogP contribution in [0.4, 0.5) is 0 Å². The van der Waals surface area contributed by atoms with E-state index in [9.17, 15) is 4.79 Å². The molecule has 0 heterocycles. The third kappa shape index (κ3) is 9.46. The van der Waals surface area contributed by atoms with Crippen LogP contribution in [0.3, 0.4) is 0 Å². The van der Waals surface area contributed by atoms with Gasteiger partial charge < -0.3 is 24.3 Å². The average Bonchev–Trinajstić information content (AvgIpc) is 2.65. The number of hydrogen-bond acceptors (Lipinski definition) is 7. The monoisotopic (exact) mass is 428 g/mol. The number of nitrogens with two attached hydrogens (primary N) is 1. The minimum absolute atomic E-state index is 0.236. The zero-order valence-corrected chi connectivity index (χ0v) is 18.5. The standard InChI is InChI=1S/C19H29N2O5PS/c1-5-7-9-16-10-8-11-17(13-16)26-27(28,21-14-18(20)24-6-2)25-15(3)12-19(22)23-4/h8,10-14,18H,5-7,9,20H2,1-4H3. The van der Waals surface area contributed by atoms with Gasteiger partial charge in [-0.15, -0.1) is 0 Å². The molecule has 0 aliphatic rings. The molecule has 0 amide bonds. The second-order valence-electron chi connectivity index (χ2n) is 5.86. The first kappa shape index (κ1) is 24.3. The lowest BCUT2D eigenvalue weighted by Gasteiger charge is -2.20. The first-order valence-electron chi connectivity index (χ1n) is 9.09. The van der Waals surface area contributed by atoms with E-state index in [1.807, 2.05) is 25.1 Å². The molecule has 2 N–H and O–H groups in total. The maximum Gasteiger partial charge on any atom is 0.413 e. The fraction of sp³-hybridized carbons (Fsp3) is 0.474. The number of methoxy groups -OCH3 is 1. The van der Waals surface area contributed by atoms with Crippen molar-refractivity contribution in [1.82, 2.24) is 0 Å². The number of nitrogens with zero attached hydrogens (tertiary/aromatic N) is 1. The molecule has 2 atom stereocenters. The van der Waals surface area contributed by atoms with Gasteiger partial charge in [0.15, 0.2) is 0 Å². The van der Waals surface area contributed by atoms with E-state index in [4.69, 9.17) is 31.3 Å². The van der Waals surface area contributed by atoms with Gasteiger partial charge in [-0.05, 0) is 44.4 Å². The lowest BCUT2D eigenvalue weighted by molar-refractivity contribution is -0.135. The van der Waals surface area contributed by atoms with Crippen molar-refractivity contribution in [2.24, 2.45) is 10.5 Å². The van der Waals surface area contributed by atoms with Gasteiger partial charge in [-0.1, -0.05) is 25.5 Å². The van der Waals surface area contributed by atoms with Crippen molar-refractivity contribution in [1.29, 1.82) is 0 Å². The lowest BCUT2D eigenvalue weighted by Crippen LogP contribution is -2.25. The van der Waals surface area contributed by atoms with E-state index in [0.29, 0.717) is 12.4 Å². The van der Waals surface area contributed by atoms with Crippen LogP contribution in [-0.4, -0.2) is 32.1 Å². The third-order valence-electron chi connectivity index (χ3n) is 3.43. The topological polar surface area (TPSA) is 92.4 Å². The van der Waals surface area contributed by atoms with Crippen LogP contribution in [0.1, 0.15) is 39.2 Å². The predicted molar refractivity (Wildman–Crippen MR) is 115 cm³/mol. The van der Waals surface area contributed by atoms with Crippen molar-refractivity contribution in [3.63, 3.8) is 0 Å². The molecule has 0 spiro atoms. The molecular weight excluding hydrogens is 399 g/mol. The van der Waals surface area contributed by atoms with E-state index >= 15 is 0 Å². The molecule has 28 heavy (non-hydrogen) atoms. The van der Waals surface area contributed by atoms with Gasteiger partial charge in [0, 0.05) is 18.4 Å². The van der Waals surface area contributed by atoms with Gasteiger partial charge in [-0.25, -0.2) is 4.79 Å². The number of hydrogen-bond donors (Lipinski definition) is 1. The molecule has 1 aromatic rings. The van der Waals surface area contributed by atoms with Crippen LogP contribution in [0.25, 0.3) is 0 Å². The molecule has 0 bridgehead atoms. The summed E-state index contributed by atoms with van der Waals surface area (Å²) in [7, 11) is 1.28. The molecule has 0 radical (unpaired) electrons. The summed E-state index contributed by atoms with van der Waals surface area (Å²) in [5.74, 6) is 0.222. The van der Waals surface area contributed by atoms with E-state index in [-0.39, 0.29) is 5.76 Å². The molecule has 9 heteroatoms. The molecule has 0 aliphatic heterocycles. The van der Waals surface area contributed by atoms with Gasteiger partial charge in [-0.2, -0.15) is 4.76 Å². The molecule has 0 aliphatic carbocycles. The highest BCUT2D eigenvalue weighted by atomic mass is 32.5. The van der Waals surface area contributed by atoms with Crippen LogP contribution < -0.4 is 10.3 Å². The summed E-state index contributed by atoms with van der Waals surface area (Å²) in [6.45, 7) is 2.75. The summed E-state index contributed by atoms with van der Waals surface area (Å²) < 4.78 is 25.7. The Labute approximate surface area is 172 Å². The number of ether oxygens (including phenoxy) is 2. The Morgan fingerprint density at radius 3 is 2.79 bits per heavy atom. The first-order valence-corrected chi connectivity index (χ1v) is 11.7. The number of allylic oxidation sites excluding steroid dienone is 1. The molecular formula is C19H29N2O5PS. The maximum atomic E-state index is 11.4. The van der Waals surface area contributed by atoms with Crippen LogP contribution >= 0.6 is 6.64 Å². The summed E-state index contributed by atoms with van der Waals surface area (Å²) in [4.78, 5) is 11.4. The van der Waals surface area contributed by atoms with E-state index in [1.54, 1.807) is 13.0 Å². The number of esters is 1. The zero-order valence-electron chi connectivity index (χ0n) is 16.8. The van der Waals surface area contributed by atoms with E-state index in [1.165, 1.54) is 19.4 Å². The number of rotatable bonds is 12. The van der Waals surface area contributed by atoms with Crippen molar-refractivity contribution in [3.05, 3.63) is 41.7 Å². The summed E-state index contributed by atoms with van der Waals surface area (Å²) in [5.41, 5.74) is 6.93. The van der Waals surface area contributed by atoms with Crippen molar-refractivity contribution < 1.29 is 23.3 Å². The molecule has 156 valence electrons. The minimum atomic E-state index is -3.22. The third-order valence-corrected chi connectivity index (χ3v) is 5.54. The minimum Gasteiger partial charge on any atom is -0.466 e. The van der Waals surface area contributed by atoms with Gasteiger partial charge >= 0.3 is 12.6 Å². The maximum absolute atomic E-state index is 11.4. The van der Waals surface area contributed by atoms with Crippen LogP contribution in [-0.2, 0) is 37.0 Å². The van der Waals surface area contributed by atoms with Crippen LogP contribution in [0.15, 0.2) is 40.9 Å². The van der Waals surface area contributed by atoms with E-state index in [2.05, 4.69) is 16.4 Å². The normalized spacial score (nSPS) is 15.1. The van der Waals surface area contributed by atoms with Crippen LogP contribution in [0.5, 0.6) is 5.75 Å². The summed E-state index contributed by atoms with van der Waals surface area (Å²) in [5, 5.41) is 0. The van der Waals surface area contributed by atoms with Gasteiger partial charge in [0.1, 0.15) is 17.7 Å². The van der Waals surface area contributed by atoms with Crippen molar-refractivity contribution >= 4 is 30.6 Å². The zero-order chi connectivity index (χ0) is 21.0. The highest BCUT2D eigenvalue weighted by Gasteiger charge is 2.22. The average molecular weight is 428 g/mol. The summed E-state index contributed by atoms with van der Waals surface area (Å²) >= 11 is 5.55. The fourth-order valence-electron chi connectivity index (χ4n) is 2.15. The van der Waals surface area contributed by atoms with Gasteiger partial charge in [0.2, 0.25) is 0 Å². The van der Waals surface area contributed by atoms with Gasteiger partial charge in [0.05, 0.1) is 19.4 Å². The highest BCUT2D eigenvalue weighted by Crippen LogP contribution is 2.52. The van der Waals surface area contributed by atoms with Crippen molar-refractivity contribution in [2.75, 3.05) is 13.7 Å². The predicted octanol–water partition coefficient (Wildman–Crippen LogP) is 4.12. The SMILES string of the molecule is CCCCc1cccc(OP(=S)(N=CC(N)OCC)OC(C)=CC(=O)OC)c1. The Morgan fingerprint density at radius 1 is 1.39 bits per heavy atom. The Balaban J connectivity index is 3.07. The number of unbranched alkanes of at least 4 members (excludes halogenated alkanes) is 1. The molecule has 0 fully saturated rings. The molecule has 1 aromatic carbocycles. The van der Waals surface area contributed by atoms with Crippen molar-refractivity contribution in [2.45, 2.75) is 46.3 Å². The van der Waals surface area contributed by atoms with Crippen LogP contribution in [0, 0.1) is 0 Å². The van der Waals surface area contributed by atoms with Gasteiger partial charge in [-0.3, -0.25) is 0 Å². The van der Waals surface area contributed by atoms with E-state index < -0.39 is 18.8 Å². The highest BCUT2D eigenvalue weighted by molar-refractivity contribution is 8.09. The second kappa shape index (κ2) is 12.7. The molecule has 0 saturated heterocycles. The molecule has 0 saturated carbocycles. The number of benzene rings is 1. The largest absolute Gasteiger partial charge is 0.466 e. The molecule has 1 rings (SSSR count). The van der Waals surface area contributed by atoms with Gasteiger partial charge in [0.25, 0.3) is 0 Å². The Bertz CT molecular complexity index is 739. The lowest BCUT2D eigenvalue weighted by atomic mass is 10.1. The summed E-state index contributed by atoms with van der Waals surface area (Å²) in [6, 6.07) is 7.63. The number of carbonyl (C=O) groups excluding carboxylic acids is 1. The van der Waals surface area contributed by atoms with Crippen LogP contribution in [0.2, 0.25) is 0 Å². The molecule has 2 unspecified atom stereocenters. The molecule has 7 nitrogen and oxygen atoms in total. The Morgan fingerprint density at radius 2 is 2.14 bits per heavy atom. The summed E-state index contributed by atoms with van der Waals surface area (Å²) in [6.07, 6.45) is 4.92. The smallest absolute Gasteiger partial charge is 0.413 e. The Hall–Kier alpha value is -1.73. The van der Waals surface area contributed by atoms with E-state index in [0.717, 1.165) is 24.8 Å². The quantitative estimate of drug-likeness (QED) is 0.134. The number of carbonyl (C=O) groups is 1. The Kier molecular flexibility index (Phi) is 11.0. The van der Waals surface area contributed by atoms with Crippen molar-refractivity contribution in [3.8, 4) is 5.75 Å². The first-order chi connectivity index (χ1) is 13.3. The molecule has 0 aromatic heterocycles. The second-order valence-corrected chi connectivity index (χ2v) is 8.78. The number of aryl methyl sites for hydroxylation is 1.